The van der Waals surface area contributed by atoms with Gasteiger partial charge in [0, 0.05) is 18.8 Å². The average molecular weight is 420 g/mol. The predicted molar refractivity (Wildman–Crippen MR) is 114 cm³/mol. The lowest BCUT2D eigenvalue weighted by molar-refractivity contribution is -0.149. The smallest absolute Gasteiger partial charge is 0.307 e. The maximum Gasteiger partial charge on any atom is 0.307 e. The molecular formula is C22H33N3O5. The molecule has 1 aliphatic heterocycles. The molecule has 2 rings (SSSR count). The minimum Gasteiger partial charge on any atom is -0.494 e. The van der Waals surface area contributed by atoms with Gasteiger partial charge in [0.1, 0.15) is 11.8 Å². The second-order valence-electron chi connectivity index (χ2n) is 7.83. The highest BCUT2D eigenvalue weighted by molar-refractivity contribution is 5.93. The standard InChI is InChI=1S/C22H33N3O5/c1-4-5-12-29-18-8-6-17(7-9-18)24-20(26)14-25-11-10-23-22(28)19(25)13-21(27)30-15-16(2)3/h6-9,16,19H,4-5,10-15H2,1-3H3,(H,23,28)(H,24,26). The molecule has 0 bridgehead atoms. The molecule has 1 aliphatic rings. The quantitative estimate of drug-likeness (QED) is 0.422. The fraction of sp³-hybridized carbons (Fsp3) is 0.591. The Morgan fingerprint density at radius 3 is 2.67 bits per heavy atom. The predicted octanol–water partition coefficient (Wildman–Crippen LogP) is 2.19. The van der Waals surface area contributed by atoms with Crippen LogP contribution in [0.1, 0.15) is 40.0 Å². The largest absolute Gasteiger partial charge is 0.494 e. The van der Waals surface area contributed by atoms with Gasteiger partial charge < -0.3 is 20.1 Å². The van der Waals surface area contributed by atoms with Crippen LogP contribution in [0, 0.1) is 5.92 Å². The minimum absolute atomic E-state index is 0.0182. The van der Waals surface area contributed by atoms with E-state index in [1.165, 1.54) is 0 Å². The molecule has 0 saturated carbocycles. The van der Waals surface area contributed by atoms with Gasteiger partial charge in [-0.1, -0.05) is 27.2 Å². The molecule has 2 amide bonds. The van der Waals surface area contributed by atoms with E-state index in [-0.39, 0.29) is 30.7 Å². The molecule has 1 aromatic rings. The van der Waals surface area contributed by atoms with E-state index in [2.05, 4.69) is 17.6 Å². The number of nitrogens with zero attached hydrogens (tertiary/aromatic N) is 1. The Labute approximate surface area is 178 Å². The Morgan fingerprint density at radius 2 is 2.00 bits per heavy atom. The zero-order valence-corrected chi connectivity index (χ0v) is 18.1. The van der Waals surface area contributed by atoms with E-state index in [0.29, 0.717) is 32.0 Å². The number of hydrogen-bond acceptors (Lipinski definition) is 6. The van der Waals surface area contributed by atoms with Crippen LogP contribution < -0.4 is 15.4 Å². The molecule has 1 saturated heterocycles. The Hall–Kier alpha value is -2.61. The molecule has 0 spiro atoms. The Bertz CT molecular complexity index is 705. The summed E-state index contributed by atoms with van der Waals surface area (Å²) in [4.78, 5) is 38.5. The van der Waals surface area contributed by atoms with E-state index >= 15 is 0 Å². The van der Waals surface area contributed by atoms with Crippen molar-refractivity contribution in [2.75, 3.05) is 38.2 Å². The highest BCUT2D eigenvalue weighted by Crippen LogP contribution is 2.17. The lowest BCUT2D eigenvalue weighted by Gasteiger charge is -2.33. The summed E-state index contributed by atoms with van der Waals surface area (Å²) in [5.74, 6) is 0.0393. The number of unbranched alkanes of at least 4 members (excludes halogenated alkanes) is 1. The zero-order valence-electron chi connectivity index (χ0n) is 18.1. The van der Waals surface area contributed by atoms with Gasteiger partial charge >= 0.3 is 5.97 Å². The van der Waals surface area contributed by atoms with Crippen LogP contribution in [0.15, 0.2) is 24.3 Å². The van der Waals surface area contributed by atoms with Gasteiger partial charge in [-0.2, -0.15) is 0 Å². The van der Waals surface area contributed by atoms with Crippen LogP contribution in [0.25, 0.3) is 0 Å². The number of esters is 1. The van der Waals surface area contributed by atoms with Gasteiger partial charge in [0.2, 0.25) is 11.8 Å². The zero-order chi connectivity index (χ0) is 21.9. The minimum atomic E-state index is -0.710. The number of rotatable bonds is 11. The van der Waals surface area contributed by atoms with Crippen molar-refractivity contribution in [3.63, 3.8) is 0 Å². The SMILES string of the molecule is CCCCOc1ccc(NC(=O)CN2CCNC(=O)C2CC(=O)OCC(C)C)cc1. The number of benzene rings is 1. The maximum atomic E-state index is 12.5. The lowest BCUT2D eigenvalue weighted by atomic mass is 10.1. The molecule has 2 N–H and O–H groups in total. The summed E-state index contributed by atoms with van der Waals surface area (Å²) in [7, 11) is 0. The van der Waals surface area contributed by atoms with Crippen molar-refractivity contribution < 1.29 is 23.9 Å². The molecule has 0 aliphatic carbocycles. The van der Waals surface area contributed by atoms with E-state index in [0.717, 1.165) is 18.6 Å². The first kappa shape index (κ1) is 23.7. The van der Waals surface area contributed by atoms with Crippen molar-refractivity contribution in [3.05, 3.63) is 24.3 Å². The number of ether oxygens (including phenoxy) is 2. The highest BCUT2D eigenvalue weighted by atomic mass is 16.5. The number of anilines is 1. The van der Waals surface area contributed by atoms with Crippen LogP contribution in [0.2, 0.25) is 0 Å². The number of hydrogen-bond donors (Lipinski definition) is 2. The summed E-state index contributed by atoms with van der Waals surface area (Å²) in [5, 5.41) is 5.58. The van der Waals surface area contributed by atoms with Crippen LogP contribution in [0.5, 0.6) is 5.75 Å². The normalized spacial score (nSPS) is 16.8. The van der Waals surface area contributed by atoms with Gasteiger partial charge in [0.05, 0.1) is 26.2 Å². The molecule has 30 heavy (non-hydrogen) atoms. The number of nitrogens with one attached hydrogen (secondary N) is 2. The fourth-order valence-corrected chi connectivity index (χ4v) is 3.00. The van der Waals surface area contributed by atoms with Crippen LogP contribution in [0.3, 0.4) is 0 Å². The molecule has 1 fully saturated rings. The summed E-state index contributed by atoms with van der Waals surface area (Å²) in [6.07, 6.45) is 1.99. The number of carbonyl (C=O) groups is 3. The third-order valence-corrected chi connectivity index (χ3v) is 4.63. The molecule has 166 valence electrons. The fourth-order valence-electron chi connectivity index (χ4n) is 3.00. The summed E-state index contributed by atoms with van der Waals surface area (Å²) < 4.78 is 10.8. The molecular weight excluding hydrogens is 386 g/mol. The average Bonchev–Trinajstić information content (AvgIpc) is 2.70. The van der Waals surface area contributed by atoms with Crippen LogP contribution in [-0.4, -0.2) is 61.6 Å². The van der Waals surface area contributed by atoms with Crippen molar-refractivity contribution in [1.29, 1.82) is 0 Å². The topological polar surface area (TPSA) is 97.0 Å². The third kappa shape index (κ3) is 8.02. The van der Waals surface area contributed by atoms with Crippen molar-refractivity contribution >= 4 is 23.5 Å². The van der Waals surface area contributed by atoms with E-state index < -0.39 is 12.0 Å². The van der Waals surface area contributed by atoms with Crippen molar-refractivity contribution in [2.24, 2.45) is 5.92 Å². The van der Waals surface area contributed by atoms with Gasteiger partial charge in [-0.3, -0.25) is 19.3 Å². The van der Waals surface area contributed by atoms with Crippen LogP contribution >= 0.6 is 0 Å². The second kappa shape index (κ2) is 12.2. The molecule has 1 unspecified atom stereocenters. The third-order valence-electron chi connectivity index (χ3n) is 4.63. The van der Waals surface area contributed by atoms with Gasteiger partial charge in [0.25, 0.3) is 0 Å². The Morgan fingerprint density at radius 1 is 1.27 bits per heavy atom. The summed E-state index contributed by atoms with van der Waals surface area (Å²) >= 11 is 0. The van der Waals surface area contributed by atoms with Crippen molar-refractivity contribution in [3.8, 4) is 5.75 Å². The molecule has 0 radical (unpaired) electrons. The summed E-state index contributed by atoms with van der Waals surface area (Å²) in [6, 6.07) is 6.48. The number of amides is 2. The first-order valence-corrected chi connectivity index (χ1v) is 10.6. The highest BCUT2D eigenvalue weighted by Gasteiger charge is 2.33. The van der Waals surface area contributed by atoms with Gasteiger partial charge in [-0.05, 0) is 36.6 Å². The number of piperazine rings is 1. The first-order chi connectivity index (χ1) is 14.4. The van der Waals surface area contributed by atoms with Gasteiger partial charge in [0.15, 0.2) is 0 Å². The number of carbonyl (C=O) groups excluding carboxylic acids is 3. The van der Waals surface area contributed by atoms with Crippen molar-refractivity contribution in [1.82, 2.24) is 10.2 Å². The second-order valence-corrected chi connectivity index (χ2v) is 7.83. The monoisotopic (exact) mass is 419 g/mol. The molecule has 1 atom stereocenters. The Balaban J connectivity index is 1.88. The van der Waals surface area contributed by atoms with Crippen LogP contribution in [0.4, 0.5) is 5.69 Å². The molecule has 8 nitrogen and oxygen atoms in total. The van der Waals surface area contributed by atoms with E-state index in [1.807, 2.05) is 26.0 Å². The van der Waals surface area contributed by atoms with Gasteiger partial charge in [-0.25, -0.2) is 0 Å². The maximum absolute atomic E-state index is 12.5. The molecule has 8 heteroatoms. The van der Waals surface area contributed by atoms with E-state index in [9.17, 15) is 14.4 Å². The summed E-state index contributed by atoms with van der Waals surface area (Å²) in [6.45, 7) is 7.92. The lowest BCUT2D eigenvalue weighted by Crippen LogP contribution is -2.57. The molecule has 0 aromatic heterocycles. The van der Waals surface area contributed by atoms with E-state index in [1.54, 1.807) is 17.0 Å². The van der Waals surface area contributed by atoms with E-state index in [4.69, 9.17) is 9.47 Å². The van der Waals surface area contributed by atoms with Crippen LogP contribution in [-0.2, 0) is 19.1 Å². The van der Waals surface area contributed by atoms with Gasteiger partial charge in [-0.15, -0.1) is 0 Å². The molecule has 1 heterocycles. The Kier molecular flexibility index (Phi) is 9.60. The molecule has 1 aromatic carbocycles. The first-order valence-electron chi connectivity index (χ1n) is 10.6. The summed E-state index contributed by atoms with van der Waals surface area (Å²) in [5.41, 5.74) is 0.650. The van der Waals surface area contributed by atoms with Crippen molar-refractivity contribution in [2.45, 2.75) is 46.1 Å².